The molecule has 4 nitrogen and oxygen atoms in total. The minimum Gasteiger partial charge on any atom is -0.384 e. The van der Waals surface area contributed by atoms with Gasteiger partial charge in [-0.25, -0.2) is 0 Å². The Kier molecular flexibility index (Phi) is 15.8. The summed E-state index contributed by atoms with van der Waals surface area (Å²) in [5.41, 5.74) is 3.20. The average molecular weight is 598 g/mol. The summed E-state index contributed by atoms with van der Waals surface area (Å²) < 4.78 is 2.22. The van der Waals surface area contributed by atoms with Crippen LogP contribution >= 0.6 is 31.9 Å². The van der Waals surface area contributed by atoms with Gasteiger partial charge in [0.2, 0.25) is 0 Å². The molecule has 3 aromatic rings. The average Bonchev–Trinajstić information content (AvgIpc) is 2.92. The second-order valence-electron chi connectivity index (χ2n) is 6.23. The van der Waals surface area contributed by atoms with Crippen LogP contribution in [0.4, 0.5) is 0 Å². The van der Waals surface area contributed by atoms with E-state index in [2.05, 4.69) is 79.2 Å². The van der Waals surface area contributed by atoms with Crippen LogP contribution in [0.3, 0.4) is 0 Å². The Morgan fingerprint density at radius 2 is 0.778 bits per heavy atom. The zero-order valence-electron chi connectivity index (χ0n) is 18.9. The lowest BCUT2D eigenvalue weighted by Crippen LogP contribution is -1.79. The van der Waals surface area contributed by atoms with E-state index in [4.69, 9.17) is 20.7 Å². The normalized spacial score (nSPS) is 7.83. The molecule has 0 aliphatic heterocycles. The van der Waals surface area contributed by atoms with Crippen LogP contribution in [0.15, 0.2) is 81.7 Å². The highest BCUT2D eigenvalue weighted by Gasteiger charge is 1.88. The Hall–Kier alpha value is -4.24. The third kappa shape index (κ3) is 14.1. The number of benzene rings is 3. The third-order valence-corrected chi connectivity index (χ3v) is 4.78. The van der Waals surface area contributed by atoms with Crippen LogP contribution in [0.2, 0.25) is 0 Å². The number of nitriles is 2. The molecule has 0 saturated carbocycles. The molecular weight excluding hydrogens is 580 g/mol. The zero-order valence-corrected chi connectivity index (χ0v) is 22.1. The van der Waals surface area contributed by atoms with Gasteiger partial charge >= 0.3 is 0 Å². The molecule has 3 aromatic carbocycles. The summed E-state index contributed by atoms with van der Waals surface area (Å²) in [4.78, 5) is 0. The molecule has 6 heteroatoms. The van der Waals surface area contributed by atoms with Crippen LogP contribution in [0, 0.1) is 70.0 Å². The van der Waals surface area contributed by atoms with Gasteiger partial charge < -0.3 is 10.2 Å². The third-order valence-electron chi connectivity index (χ3n) is 3.72. The highest BCUT2D eigenvalue weighted by molar-refractivity contribution is 9.11. The largest absolute Gasteiger partial charge is 0.384 e. The van der Waals surface area contributed by atoms with Crippen molar-refractivity contribution in [1.82, 2.24) is 0 Å². The number of hydrogen-bond donors (Lipinski definition) is 2. The van der Waals surface area contributed by atoms with Gasteiger partial charge in [0.1, 0.15) is 13.2 Å². The van der Waals surface area contributed by atoms with Gasteiger partial charge in [-0.2, -0.15) is 10.5 Å². The Bertz CT molecular complexity index is 1320. The molecule has 0 atom stereocenters. The molecule has 0 aliphatic rings. The van der Waals surface area contributed by atoms with Crippen LogP contribution in [0.25, 0.3) is 0 Å². The van der Waals surface area contributed by atoms with Gasteiger partial charge in [-0.1, -0.05) is 67.4 Å². The maximum Gasteiger partial charge on any atom is 0.152 e. The van der Waals surface area contributed by atoms with E-state index in [1.807, 2.05) is 48.5 Å². The molecule has 0 amide bonds. The summed E-state index contributed by atoms with van der Waals surface area (Å²) >= 11 is 6.65. The fourth-order valence-corrected chi connectivity index (χ4v) is 2.72. The molecule has 0 spiro atoms. The lowest BCUT2D eigenvalue weighted by atomic mass is 10.1. The van der Waals surface area contributed by atoms with Crippen LogP contribution in [-0.4, -0.2) is 23.4 Å². The Labute approximate surface area is 228 Å². The molecule has 0 fully saturated rings. The van der Waals surface area contributed by atoms with Gasteiger partial charge in [0.25, 0.3) is 0 Å². The van der Waals surface area contributed by atoms with E-state index in [1.54, 1.807) is 36.4 Å². The van der Waals surface area contributed by atoms with Gasteiger partial charge in [-0.3, -0.25) is 0 Å². The lowest BCUT2D eigenvalue weighted by Gasteiger charge is -1.90. The number of rotatable bonds is 0. The van der Waals surface area contributed by atoms with E-state index >= 15 is 0 Å². The molecule has 0 bridgehead atoms. The maximum absolute atomic E-state index is 8.47. The molecule has 0 heterocycles. The van der Waals surface area contributed by atoms with Crippen molar-refractivity contribution >= 4 is 31.9 Å². The number of aliphatic hydroxyl groups is 2. The van der Waals surface area contributed by atoms with E-state index in [1.165, 1.54) is 0 Å². The minimum absolute atomic E-state index is 0.133. The van der Waals surface area contributed by atoms with Crippen LogP contribution < -0.4 is 0 Å². The quantitative estimate of drug-likeness (QED) is 0.356. The van der Waals surface area contributed by atoms with Gasteiger partial charge in [0, 0.05) is 43.0 Å². The second-order valence-corrected chi connectivity index (χ2v) is 8.07. The Morgan fingerprint density at radius 3 is 1.03 bits per heavy atom. The summed E-state index contributed by atoms with van der Waals surface area (Å²) in [6, 6.07) is 25.7. The predicted octanol–water partition coefficient (Wildman–Crippen LogP) is 5.02. The summed E-state index contributed by atoms with van der Waals surface area (Å²) in [6.07, 6.45) is 0. The van der Waals surface area contributed by atoms with E-state index < -0.39 is 0 Å². The van der Waals surface area contributed by atoms with Gasteiger partial charge in [0.05, 0.1) is 0 Å². The fraction of sp³-hybridized carbons (Fsp3) is 0.0667. The monoisotopic (exact) mass is 596 g/mol. The number of nitrogens with zero attached hydrogens (tertiary/aromatic N) is 2. The number of halogens is 2. The van der Waals surface area contributed by atoms with Crippen molar-refractivity contribution in [2.45, 2.75) is 0 Å². The molecule has 0 radical (unpaired) electrons. The highest BCUT2D eigenvalue weighted by Crippen LogP contribution is 2.14. The standard InChI is InChI=1S/C12H4N2.C12H10O2.C6H4Br2/c2*13-9-1-3-11-5-7-12(8-6-11)4-2-10-14;7-5-1-2-6(8)4-3-5/h5-8H;5-8,13-14H,9-10H2;1-4H. The summed E-state index contributed by atoms with van der Waals surface area (Å²) in [6.45, 7) is -0.266. The van der Waals surface area contributed by atoms with Crippen molar-refractivity contribution in [1.29, 1.82) is 10.5 Å². The van der Waals surface area contributed by atoms with Crippen molar-refractivity contribution < 1.29 is 10.2 Å². The van der Waals surface area contributed by atoms with Crippen molar-refractivity contribution in [2.75, 3.05) is 13.2 Å². The minimum atomic E-state index is -0.133. The topological polar surface area (TPSA) is 88.0 Å². The van der Waals surface area contributed by atoms with Crippen molar-refractivity contribution in [3.63, 3.8) is 0 Å². The number of aliphatic hydroxyl groups excluding tert-OH is 2. The smallest absolute Gasteiger partial charge is 0.152 e. The van der Waals surface area contributed by atoms with E-state index in [0.29, 0.717) is 0 Å². The van der Waals surface area contributed by atoms with Crippen LogP contribution in [0.5, 0.6) is 0 Å². The van der Waals surface area contributed by atoms with Gasteiger partial charge in [-0.15, -0.1) is 0 Å². The van der Waals surface area contributed by atoms with E-state index in [-0.39, 0.29) is 13.2 Å². The van der Waals surface area contributed by atoms with Crippen molar-refractivity contribution in [3.05, 3.63) is 104 Å². The molecule has 2 N–H and O–H groups in total. The summed E-state index contributed by atoms with van der Waals surface area (Å²) in [5, 5.41) is 33.4. The first-order valence-corrected chi connectivity index (χ1v) is 11.7. The van der Waals surface area contributed by atoms with Gasteiger partial charge in [-0.05, 0) is 72.8 Å². The maximum atomic E-state index is 8.47. The molecule has 36 heavy (non-hydrogen) atoms. The molecule has 0 aromatic heterocycles. The second kappa shape index (κ2) is 19.1. The van der Waals surface area contributed by atoms with Gasteiger partial charge in [0.15, 0.2) is 12.1 Å². The Balaban J connectivity index is 0.000000281. The fourth-order valence-electron chi connectivity index (χ4n) is 2.19. The zero-order chi connectivity index (χ0) is 26.4. The molecule has 3 rings (SSSR count). The molecule has 0 saturated heterocycles. The SMILES string of the molecule is Brc1ccc(Br)cc1.N#CC#Cc1ccc(C#CC#N)cc1.OCC#Cc1ccc(C#CCO)cc1. The van der Waals surface area contributed by atoms with Crippen LogP contribution in [0.1, 0.15) is 22.3 Å². The molecule has 0 unspecified atom stereocenters. The number of hydrogen-bond acceptors (Lipinski definition) is 4. The first kappa shape index (κ1) is 29.8. The van der Waals surface area contributed by atoms with Crippen LogP contribution in [-0.2, 0) is 0 Å². The highest BCUT2D eigenvalue weighted by atomic mass is 79.9. The lowest BCUT2D eigenvalue weighted by molar-refractivity contribution is 0.350. The first-order valence-electron chi connectivity index (χ1n) is 10.1. The van der Waals surface area contributed by atoms with Crippen molar-refractivity contribution in [3.8, 4) is 59.5 Å². The predicted molar refractivity (Wildman–Crippen MR) is 148 cm³/mol. The van der Waals surface area contributed by atoms with E-state index in [0.717, 1.165) is 31.2 Å². The molecule has 174 valence electrons. The first-order chi connectivity index (χ1) is 17.5. The van der Waals surface area contributed by atoms with Crippen molar-refractivity contribution in [2.24, 2.45) is 0 Å². The Morgan fingerprint density at radius 1 is 0.500 bits per heavy atom. The summed E-state index contributed by atoms with van der Waals surface area (Å²) in [7, 11) is 0. The summed E-state index contributed by atoms with van der Waals surface area (Å²) in [5.74, 6) is 20.6. The molecular formula is C30H18Br2N2O2. The molecule has 0 aliphatic carbocycles. The van der Waals surface area contributed by atoms with E-state index in [9.17, 15) is 0 Å².